The Bertz CT molecular complexity index is 1010. The molecule has 180 valence electrons. The van der Waals surface area contributed by atoms with E-state index in [1.807, 2.05) is 12.1 Å². The van der Waals surface area contributed by atoms with Gasteiger partial charge in [-0.1, -0.05) is 48.7 Å². The summed E-state index contributed by atoms with van der Waals surface area (Å²) in [6.45, 7) is 6.61. The monoisotopic (exact) mass is 520 g/mol. The Balaban J connectivity index is 0.000000157. The standard InChI is InChI=1S/C13H15BrO3.C13H16O3.H2/c1-2-3-10-12-8(4-5-15-10)9(14)6-11-13(12)17-7-16-11;1-2-3-10-12-9(6-7-14-10)4-5-11-13(12)16-8-15-11;/h6,10H,2-5,7H2,1H3;4-5,10H,2-3,6-8H2,1H3;1H. The zero-order valence-electron chi connectivity index (χ0n) is 19.3. The zero-order valence-corrected chi connectivity index (χ0v) is 20.9. The molecular weight excluding hydrogens is 488 g/mol. The third kappa shape index (κ3) is 4.43. The van der Waals surface area contributed by atoms with Gasteiger partial charge in [0.15, 0.2) is 23.0 Å². The molecule has 0 radical (unpaired) electrons. The predicted octanol–water partition coefficient (Wildman–Crippen LogP) is 6.67. The summed E-state index contributed by atoms with van der Waals surface area (Å²) in [5, 5.41) is 0. The highest BCUT2D eigenvalue weighted by Crippen LogP contribution is 2.48. The number of fused-ring (bicyclic) bond motifs is 6. The maximum Gasteiger partial charge on any atom is 0.231 e. The van der Waals surface area contributed by atoms with Crippen LogP contribution in [0.1, 0.15) is 75.4 Å². The predicted molar refractivity (Wildman–Crippen MR) is 130 cm³/mol. The molecule has 4 aliphatic rings. The molecule has 0 N–H and O–H groups in total. The van der Waals surface area contributed by atoms with Crippen molar-refractivity contribution in [2.75, 3.05) is 26.8 Å². The van der Waals surface area contributed by atoms with Crippen LogP contribution < -0.4 is 18.9 Å². The summed E-state index contributed by atoms with van der Waals surface area (Å²) in [4.78, 5) is 0. The van der Waals surface area contributed by atoms with Gasteiger partial charge in [-0.15, -0.1) is 0 Å². The van der Waals surface area contributed by atoms with Gasteiger partial charge in [0, 0.05) is 17.0 Å². The van der Waals surface area contributed by atoms with E-state index >= 15 is 0 Å². The lowest BCUT2D eigenvalue weighted by atomic mass is 9.93. The molecular formula is C26H33BrO6. The van der Waals surface area contributed by atoms with E-state index in [1.165, 1.54) is 22.3 Å². The van der Waals surface area contributed by atoms with Gasteiger partial charge in [0.25, 0.3) is 0 Å². The molecule has 0 saturated carbocycles. The number of benzene rings is 2. The Hall–Kier alpha value is -1.96. The third-order valence-electron chi connectivity index (χ3n) is 6.53. The molecule has 2 aromatic rings. The summed E-state index contributed by atoms with van der Waals surface area (Å²) < 4.78 is 34.9. The quantitative estimate of drug-likeness (QED) is 0.448. The van der Waals surface area contributed by atoms with Crippen LogP contribution in [0.4, 0.5) is 0 Å². The summed E-state index contributed by atoms with van der Waals surface area (Å²) >= 11 is 3.62. The van der Waals surface area contributed by atoms with Crippen LogP contribution in [0.3, 0.4) is 0 Å². The van der Waals surface area contributed by atoms with Gasteiger partial charge in [0.05, 0.1) is 25.4 Å². The molecule has 4 heterocycles. The maximum absolute atomic E-state index is 5.87. The van der Waals surface area contributed by atoms with Gasteiger partial charge >= 0.3 is 0 Å². The van der Waals surface area contributed by atoms with Gasteiger partial charge in [-0.3, -0.25) is 0 Å². The van der Waals surface area contributed by atoms with Crippen molar-refractivity contribution in [3.63, 3.8) is 0 Å². The van der Waals surface area contributed by atoms with Gasteiger partial charge in [0.1, 0.15) is 0 Å². The van der Waals surface area contributed by atoms with Gasteiger partial charge in [0.2, 0.25) is 13.6 Å². The number of hydrogen-bond acceptors (Lipinski definition) is 6. The average molecular weight is 521 g/mol. The van der Waals surface area contributed by atoms with Gasteiger partial charge in [-0.2, -0.15) is 0 Å². The second kappa shape index (κ2) is 10.1. The highest BCUT2D eigenvalue weighted by Gasteiger charge is 2.31. The van der Waals surface area contributed by atoms with Gasteiger partial charge in [-0.05, 0) is 48.9 Å². The lowest BCUT2D eigenvalue weighted by Gasteiger charge is -2.27. The lowest BCUT2D eigenvalue weighted by molar-refractivity contribution is 0.0335. The highest BCUT2D eigenvalue weighted by molar-refractivity contribution is 9.10. The fourth-order valence-corrected chi connectivity index (χ4v) is 5.66. The molecule has 0 spiro atoms. The van der Waals surface area contributed by atoms with E-state index in [1.54, 1.807) is 0 Å². The van der Waals surface area contributed by atoms with Crippen LogP contribution in [0, 0.1) is 0 Å². The van der Waals surface area contributed by atoms with Crippen molar-refractivity contribution < 1.29 is 29.8 Å². The SMILES string of the molecule is CCCC1OCCc2c(Br)cc3c(c21)OCO3.CCCC1OCCc2ccc3c(c21)OCO3.[HH]. The highest BCUT2D eigenvalue weighted by atomic mass is 79.9. The second-order valence-corrected chi connectivity index (χ2v) is 9.51. The molecule has 2 aromatic carbocycles. The molecule has 33 heavy (non-hydrogen) atoms. The zero-order chi connectivity index (χ0) is 22.8. The van der Waals surface area contributed by atoms with E-state index in [2.05, 4.69) is 35.8 Å². The van der Waals surface area contributed by atoms with E-state index < -0.39 is 0 Å². The maximum atomic E-state index is 5.87. The van der Waals surface area contributed by atoms with Crippen molar-refractivity contribution in [3.8, 4) is 23.0 Å². The minimum Gasteiger partial charge on any atom is -0.454 e. The molecule has 0 aliphatic carbocycles. The molecule has 6 nitrogen and oxygen atoms in total. The van der Waals surface area contributed by atoms with Crippen LogP contribution in [0.15, 0.2) is 22.7 Å². The molecule has 4 aliphatic heterocycles. The molecule has 7 heteroatoms. The molecule has 0 aromatic heterocycles. The summed E-state index contributed by atoms with van der Waals surface area (Å²) in [6, 6.07) is 6.17. The van der Waals surface area contributed by atoms with Crippen LogP contribution in [0.25, 0.3) is 0 Å². The summed E-state index contributed by atoms with van der Waals surface area (Å²) in [6.07, 6.45) is 6.55. The first-order valence-corrected chi connectivity index (χ1v) is 12.8. The lowest BCUT2D eigenvalue weighted by Crippen LogP contribution is -2.17. The summed E-state index contributed by atoms with van der Waals surface area (Å²) in [5.74, 6) is 3.50. The Morgan fingerprint density at radius 2 is 1.45 bits per heavy atom. The first-order valence-electron chi connectivity index (χ1n) is 12.0. The van der Waals surface area contributed by atoms with Crippen LogP contribution in [0.5, 0.6) is 23.0 Å². The molecule has 0 amide bonds. The number of halogens is 1. The summed E-state index contributed by atoms with van der Waals surface area (Å²) in [7, 11) is 0. The Morgan fingerprint density at radius 3 is 2.18 bits per heavy atom. The van der Waals surface area contributed by atoms with Crippen molar-refractivity contribution in [2.45, 2.75) is 64.6 Å². The van der Waals surface area contributed by atoms with Crippen molar-refractivity contribution in [2.24, 2.45) is 0 Å². The first kappa shape index (κ1) is 22.8. The van der Waals surface area contributed by atoms with Crippen LogP contribution in [-0.2, 0) is 22.3 Å². The Kier molecular flexibility index (Phi) is 6.99. The molecule has 0 fully saturated rings. The second-order valence-electron chi connectivity index (χ2n) is 8.65. The summed E-state index contributed by atoms with van der Waals surface area (Å²) in [5.41, 5.74) is 5.09. The topological polar surface area (TPSA) is 55.4 Å². The van der Waals surface area contributed by atoms with Crippen molar-refractivity contribution in [3.05, 3.63) is 44.9 Å². The molecule has 0 bridgehead atoms. The Labute approximate surface area is 205 Å². The van der Waals surface area contributed by atoms with E-state index in [-0.39, 0.29) is 13.6 Å². The van der Waals surface area contributed by atoms with Gasteiger partial charge < -0.3 is 28.4 Å². The van der Waals surface area contributed by atoms with E-state index in [0.29, 0.717) is 13.6 Å². The minimum absolute atomic E-state index is 0. The first-order chi connectivity index (χ1) is 16.2. The molecule has 2 atom stereocenters. The molecule has 0 saturated heterocycles. The van der Waals surface area contributed by atoms with E-state index in [9.17, 15) is 0 Å². The van der Waals surface area contributed by atoms with Crippen LogP contribution >= 0.6 is 15.9 Å². The fraction of sp³-hybridized carbons (Fsp3) is 0.538. The minimum atomic E-state index is 0. The van der Waals surface area contributed by atoms with E-state index in [4.69, 9.17) is 28.4 Å². The normalized spacial score (nSPS) is 21.7. The number of ether oxygens (including phenoxy) is 6. The molecule has 6 rings (SSSR count). The van der Waals surface area contributed by atoms with Crippen molar-refractivity contribution in [1.29, 1.82) is 0 Å². The average Bonchev–Trinajstić information content (AvgIpc) is 3.50. The van der Waals surface area contributed by atoms with Crippen molar-refractivity contribution in [1.82, 2.24) is 0 Å². The fourth-order valence-electron chi connectivity index (χ4n) is 5.04. The van der Waals surface area contributed by atoms with Crippen molar-refractivity contribution >= 4 is 15.9 Å². The van der Waals surface area contributed by atoms with Crippen LogP contribution in [0.2, 0.25) is 0 Å². The number of rotatable bonds is 4. The van der Waals surface area contributed by atoms with Crippen LogP contribution in [-0.4, -0.2) is 26.8 Å². The van der Waals surface area contributed by atoms with E-state index in [0.717, 1.165) is 79.2 Å². The smallest absolute Gasteiger partial charge is 0.231 e. The Morgan fingerprint density at radius 1 is 0.818 bits per heavy atom. The third-order valence-corrected chi connectivity index (χ3v) is 7.24. The molecule has 2 unspecified atom stereocenters. The number of hydrogen-bond donors (Lipinski definition) is 0. The van der Waals surface area contributed by atoms with Gasteiger partial charge in [-0.25, -0.2) is 0 Å². The largest absolute Gasteiger partial charge is 0.454 e.